The number of fused-ring (bicyclic) bond motifs is 1. The van der Waals surface area contributed by atoms with Gasteiger partial charge >= 0.3 is 12.1 Å². The van der Waals surface area contributed by atoms with Crippen LogP contribution in [0.15, 0.2) is 24.4 Å². The molecule has 0 aliphatic heterocycles. The Kier molecular flexibility index (Phi) is 4.58. The van der Waals surface area contributed by atoms with Crippen LogP contribution in [0.2, 0.25) is 0 Å². The Morgan fingerprint density at radius 2 is 2.09 bits per heavy atom. The van der Waals surface area contributed by atoms with Crippen LogP contribution in [0.5, 0.6) is 0 Å². The van der Waals surface area contributed by atoms with E-state index in [1.807, 2.05) is 0 Å². The summed E-state index contributed by atoms with van der Waals surface area (Å²) in [6.45, 7) is 5.03. The number of halogens is 1. The summed E-state index contributed by atoms with van der Waals surface area (Å²) in [6, 6.07) is 3.34. The number of aliphatic carboxylic acids is 1. The van der Waals surface area contributed by atoms with Crippen molar-refractivity contribution >= 4 is 23.0 Å². The molecule has 0 radical (unpaired) electrons. The summed E-state index contributed by atoms with van der Waals surface area (Å²) in [7, 11) is 0. The maximum atomic E-state index is 13.9. The first-order valence-electron chi connectivity index (χ1n) is 7.14. The van der Waals surface area contributed by atoms with Crippen molar-refractivity contribution in [3.63, 3.8) is 0 Å². The van der Waals surface area contributed by atoms with E-state index in [0.717, 1.165) is 0 Å². The number of H-pyrrole nitrogens is 1. The van der Waals surface area contributed by atoms with Gasteiger partial charge in [-0.2, -0.15) is 0 Å². The highest BCUT2D eigenvalue weighted by atomic mass is 19.1. The van der Waals surface area contributed by atoms with Gasteiger partial charge in [-0.25, -0.2) is 14.0 Å². The van der Waals surface area contributed by atoms with Gasteiger partial charge in [-0.05, 0) is 38.5 Å². The number of hydrogen-bond donors (Lipinski definition) is 3. The molecule has 0 bridgehead atoms. The molecule has 0 saturated carbocycles. The van der Waals surface area contributed by atoms with Gasteiger partial charge in [0.1, 0.15) is 17.5 Å². The van der Waals surface area contributed by atoms with Crippen molar-refractivity contribution in [2.75, 3.05) is 0 Å². The second kappa shape index (κ2) is 6.28. The molecule has 1 atom stereocenters. The molecule has 3 N–H and O–H groups in total. The monoisotopic (exact) mass is 322 g/mol. The topological polar surface area (TPSA) is 91.4 Å². The summed E-state index contributed by atoms with van der Waals surface area (Å²) in [6.07, 6.45) is 0.654. The first-order valence-corrected chi connectivity index (χ1v) is 7.14. The number of aromatic amines is 1. The molecule has 1 amide bonds. The lowest BCUT2D eigenvalue weighted by Gasteiger charge is -2.22. The quantitative estimate of drug-likeness (QED) is 0.807. The highest BCUT2D eigenvalue weighted by Crippen LogP contribution is 2.22. The Balaban J connectivity index is 2.19. The molecule has 2 rings (SSSR count). The second-order valence-electron chi connectivity index (χ2n) is 6.22. The van der Waals surface area contributed by atoms with E-state index in [0.29, 0.717) is 16.5 Å². The Bertz CT molecular complexity index is 733. The Morgan fingerprint density at radius 3 is 2.70 bits per heavy atom. The van der Waals surface area contributed by atoms with Gasteiger partial charge in [-0.3, -0.25) is 0 Å². The largest absolute Gasteiger partial charge is 0.480 e. The number of alkyl carbamates (subject to hydrolysis) is 1. The van der Waals surface area contributed by atoms with Crippen LogP contribution >= 0.6 is 0 Å². The Hall–Kier alpha value is -2.57. The molecule has 23 heavy (non-hydrogen) atoms. The number of ether oxygens (including phenoxy) is 1. The van der Waals surface area contributed by atoms with Gasteiger partial charge in [-0.1, -0.05) is 6.07 Å². The molecule has 124 valence electrons. The summed E-state index contributed by atoms with van der Waals surface area (Å²) in [5.41, 5.74) is 0.308. The number of carboxylic acids is 1. The van der Waals surface area contributed by atoms with E-state index in [1.54, 1.807) is 39.1 Å². The molecule has 0 aliphatic carbocycles. The number of rotatable bonds is 4. The van der Waals surface area contributed by atoms with Gasteiger partial charge in [0.05, 0.1) is 0 Å². The number of carbonyl (C=O) groups excluding carboxylic acids is 1. The fourth-order valence-corrected chi connectivity index (χ4v) is 2.24. The van der Waals surface area contributed by atoms with Gasteiger partial charge in [0.25, 0.3) is 0 Å². The molecular formula is C16H19FN2O4. The standard InChI is InChI=1S/C16H19FN2O4/c1-16(2,3)23-15(22)19-12(14(20)21)7-9-8-18-11-6-4-5-10(17)13(9)11/h4-6,8,12,18H,7H2,1-3H3,(H,19,22)(H,20,21)/t12-/m0/s1. The lowest BCUT2D eigenvalue weighted by Crippen LogP contribution is -2.44. The Labute approximate surface area is 132 Å². The molecule has 0 unspecified atom stereocenters. The van der Waals surface area contributed by atoms with Crippen molar-refractivity contribution < 1.29 is 23.8 Å². The molecule has 0 fully saturated rings. The molecule has 6 nitrogen and oxygen atoms in total. The zero-order valence-corrected chi connectivity index (χ0v) is 13.1. The third-order valence-electron chi connectivity index (χ3n) is 3.15. The SMILES string of the molecule is CC(C)(C)OC(=O)N[C@@H](Cc1c[nH]c2cccc(F)c12)C(=O)O. The van der Waals surface area contributed by atoms with Crippen LogP contribution in [0, 0.1) is 5.82 Å². The van der Waals surface area contributed by atoms with Crippen LogP contribution in [0.3, 0.4) is 0 Å². The molecule has 0 spiro atoms. The number of aromatic nitrogens is 1. The molecular weight excluding hydrogens is 303 g/mol. The average molecular weight is 322 g/mol. The summed E-state index contributed by atoms with van der Waals surface area (Å²) in [5.74, 6) is -1.67. The summed E-state index contributed by atoms with van der Waals surface area (Å²) >= 11 is 0. The fourth-order valence-electron chi connectivity index (χ4n) is 2.24. The number of amides is 1. The molecule has 1 aromatic heterocycles. The van der Waals surface area contributed by atoms with Crippen molar-refractivity contribution in [3.05, 3.63) is 35.8 Å². The zero-order valence-electron chi connectivity index (χ0n) is 13.1. The van der Waals surface area contributed by atoms with Crippen LogP contribution in [-0.2, 0) is 16.0 Å². The maximum Gasteiger partial charge on any atom is 0.408 e. The summed E-state index contributed by atoms with van der Waals surface area (Å²) in [4.78, 5) is 26.0. The minimum Gasteiger partial charge on any atom is -0.480 e. The van der Waals surface area contributed by atoms with Crippen molar-refractivity contribution in [3.8, 4) is 0 Å². The maximum absolute atomic E-state index is 13.9. The summed E-state index contributed by atoms with van der Waals surface area (Å²) < 4.78 is 19.0. The van der Waals surface area contributed by atoms with E-state index in [9.17, 15) is 19.1 Å². The minimum absolute atomic E-state index is 0.0600. The van der Waals surface area contributed by atoms with E-state index in [1.165, 1.54) is 6.07 Å². The van der Waals surface area contributed by atoms with E-state index < -0.39 is 29.5 Å². The number of hydrogen-bond acceptors (Lipinski definition) is 3. The molecule has 0 saturated heterocycles. The number of carboxylic acid groups (broad SMARTS) is 1. The number of nitrogens with one attached hydrogen (secondary N) is 2. The average Bonchev–Trinajstić information content (AvgIpc) is 2.80. The smallest absolute Gasteiger partial charge is 0.408 e. The molecule has 1 aromatic carbocycles. The van der Waals surface area contributed by atoms with Crippen LogP contribution < -0.4 is 5.32 Å². The fraction of sp³-hybridized carbons (Fsp3) is 0.375. The lowest BCUT2D eigenvalue weighted by atomic mass is 10.0. The normalized spacial score (nSPS) is 12.9. The van der Waals surface area contributed by atoms with E-state index in [4.69, 9.17) is 4.74 Å². The molecule has 2 aromatic rings. The highest BCUT2D eigenvalue weighted by Gasteiger charge is 2.25. The van der Waals surface area contributed by atoms with Crippen molar-refractivity contribution in [1.82, 2.24) is 10.3 Å². The number of benzene rings is 1. The zero-order chi connectivity index (χ0) is 17.2. The van der Waals surface area contributed by atoms with Crippen molar-refractivity contribution in [2.24, 2.45) is 0 Å². The van der Waals surface area contributed by atoms with E-state index in [-0.39, 0.29) is 6.42 Å². The van der Waals surface area contributed by atoms with Gasteiger partial charge in [-0.15, -0.1) is 0 Å². The first-order chi connectivity index (χ1) is 10.7. The highest BCUT2D eigenvalue weighted by molar-refractivity contribution is 5.86. The molecule has 1 heterocycles. The van der Waals surface area contributed by atoms with E-state index in [2.05, 4.69) is 10.3 Å². The van der Waals surface area contributed by atoms with Crippen LogP contribution in [0.1, 0.15) is 26.3 Å². The third-order valence-corrected chi connectivity index (χ3v) is 3.15. The molecule has 7 heteroatoms. The van der Waals surface area contributed by atoms with Crippen LogP contribution in [-0.4, -0.2) is 33.8 Å². The predicted octanol–water partition coefficient (Wildman–Crippen LogP) is 2.83. The number of carbonyl (C=O) groups is 2. The lowest BCUT2D eigenvalue weighted by molar-refractivity contribution is -0.139. The Morgan fingerprint density at radius 1 is 1.39 bits per heavy atom. The van der Waals surface area contributed by atoms with Gasteiger partial charge in [0, 0.05) is 23.5 Å². The van der Waals surface area contributed by atoms with E-state index >= 15 is 0 Å². The predicted molar refractivity (Wildman–Crippen MR) is 82.8 cm³/mol. The van der Waals surface area contributed by atoms with Gasteiger partial charge in [0.15, 0.2) is 0 Å². The molecule has 0 aliphatic rings. The first kappa shape index (κ1) is 16.8. The third kappa shape index (κ3) is 4.21. The van der Waals surface area contributed by atoms with Crippen molar-refractivity contribution in [1.29, 1.82) is 0 Å². The van der Waals surface area contributed by atoms with Crippen LogP contribution in [0.4, 0.5) is 9.18 Å². The van der Waals surface area contributed by atoms with Gasteiger partial charge < -0.3 is 20.1 Å². The summed E-state index contributed by atoms with van der Waals surface area (Å²) in [5, 5.41) is 11.9. The van der Waals surface area contributed by atoms with Gasteiger partial charge in [0.2, 0.25) is 0 Å². The second-order valence-corrected chi connectivity index (χ2v) is 6.22. The minimum atomic E-state index is -1.22. The van der Waals surface area contributed by atoms with Crippen molar-refractivity contribution in [2.45, 2.75) is 38.8 Å². The van der Waals surface area contributed by atoms with Crippen LogP contribution in [0.25, 0.3) is 10.9 Å².